The number of anilines is 1. The van der Waals surface area contributed by atoms with Crippen LogP contribution in [0.3, 0.4) is 0 Å². The van der Waals surface area contributed by atoms with E-state index in [0.29, 0.717) is 22.2 Å². The molecule has 7 nitrogen and oxygen atoms in total. The molecule has 1 N–H and O–H groups in total. The molecule has 0 aliphatic carbocycles. The maximum absolute atomic E-state index is 13.3. The highest BCUT2D eigenvalue weighted by molar-refractivity contribution is 7.92. The van der Waals surface area contributed by atoms with Crippen molar-refractivity contribution in [3.8, 4) is 11.5 Å². The number of amides is 1. The summed E-state index contributed by atoms with van der Waals surface area (Å²) < 4.78 is 38.5. The number of methoxy groups -OCH3 is 1. The lowest BCUT2D eigenvalue weighted by Gasteiger charge is -2.24. The van der Waals surface area contributed by atoms with Crippen LogP contribution in [-0.4, -0.2) is 41.1 Å². The predicted molar refractivity (Wildman–Crippen MR) is 129 cm³/mol. The van der Waals surface area contributed by atoms with Crippen molar-refractivity contribution in [1.29, 1.82) is 0 Å². The Labute approximate surface area is 198 Å². The average molecular weight is 489 g/mol. The van der Waals surface area contributed by atoms with Crippen LogP contribution >= 0.6 is 11.6 Å². The number of carbonyl (C=O) groups excluding carboxylic acids is 1. The summed E-state index contributed by atoms with van der Waals surface area (Å²) in [7, 11) is -2.53. The van der Waals surface area contributed by atoms with Crippen molar-refractivity contribution >= 4 is 33.2 Å². The minimum Gasteiger partial charge on any atom is -0.497 e. The van der Waals surface area contributed by atoms with E-state index in [1.165, 1.54) is 19.2 Å². The Morgan fingerprint density at radius 2 is 1.70 bits per heavy atom. The molecule has 0 saturated carbocycles. The van der Waals surface area contributed by atoms with E-state index in [-0.39, 0.29) is 18.0 Å². The van der Waals surface area contributed by atoms with Crippen LogP contribution < -0.4 is 19.1 Å². The smallest absolute Gasteiger partial charge is 0.264 e. The number of benzene rings is 3. The van der Waals surface area contributed by atoms with E-state index >= 15 is 0 Å². The van der Waals surface area contributed by atoms with Gasteiger partial charge in [-0.05, 0) is 73.2 Å². The average Bonchev–Trinajstić information content (AvgIpc) is 2.81. The minimum atomic E-state index is -4.02. The van der Waals surface area contributed by atoms with Gasteiger partial charge in [-0.3, -0.25) is 9.10 Å². The van der Waals surface area contributed by atoms with E-state index in [1.807, 2.05) is 31.2 Å². The van der Waals surface area contributed by atoms with Crippen LogP contribution in [0.15, 0.2) is 77.7 Å². The fourth-order valence-corrected chi connectivity index (χ4v) is 4.60. The monoisotopic (exact) mass is 488 g/mol. The molecule has 1 amide bonds. The molecule has 0 atom stereocenters. The molecule has 0 saturated heterocycles. The van der Waals surface area contributed by atoms with Gasteiger partial charge in [0.25, 0.3) is 10.0 Å². The van der Waals surface area contributed by atoms with Crippen LogP contribution in [0.2, 0.25) is 5.02 Å². The number of halogens is 1. The fraction of sp³-hybridized carbons (Fsp3) is 0.208. The third-order valence-corrected chi connectivity index (χ3v) is 6.77. The van der Waals surface area contributed by atoms with Crippen molar-refractivity contribution in [3.05, 3.63) is 83.4 Å². The van der Waals surface area contributed by atoms with Crippen molar-refractivity contribution < 1.29 is 22.7 Å². The molecule has 0 aliphatic rings. The number of nitrogens with zero attached hydrogens (tertiary/aromatic N) is 1. The van der Waals surface area contributed by atoms with Crippen molar-refractivity contribution in [1.82, 2.24) is 5.32 Å². The standard InChI is InChI=1S/C24H25ClN2O5S/c1-18-4-3-5-22(16-18)32-15-14-26-24(28)17-27(20-8-6-19(25)7-9-20)33(29,30)23-12-10-21(31-2)11-13-23/h3-13,16H,14-15,17H2,1-2H3,(H,26,28). The van der Waals surface area contributed by atoms with Gasteiger partial charge >= 0.3 is 0 Å². The van der Waals surface area contributed by atoms with E-state index < -0.39 is 22.5 Å². The number of hydrogen-bond acceptors (Lipinski definition) is 5. The molecule has 0 aromatic heterocycles. The van der Waals surface area contributed by atoms with Crippen LogP contribution in [-0.2, 0) is 14.8 Å². The molecule has 0 spiro atoms. The molecular formula is C24H25ClN2O5S. The van der Waals surface area contributed by atoms with Crippen LogP contribution in [0.5, 0.6) is 11.5 Å². The molecule has 0 fully saturated rings. The lowest BCUT2D eigenvalue weighted by atomic mass is 10.2. The summed E-state index contributed by atoms with van der Waals surface area (Å²) in [6, 6.07) is 19.8. The molecule has 3 aromatic rings. The van der Waals surface area contributed by atoms with Gasteiger partial charge in [0.15, 0.2) is 0 Å². The van der Waals surface area contributed by atoms with Gasteiger partial charge in [-0.15, -0.1) is 0 Å². The lowest BCUT2D eigenvalue weighted by molar-refractivity contribution is -0.119. The number of nitrogens with one attached hydrogen (secondary N) is 1. The zero-order valence-corrected chi connectivity index (χ0v) is 19.9. The molecule has 0 radical (unpaired) electrons. The molecule has 0 heterocycles. The molecule has 0 aliphatic heterocycles. The summed E-state index contributed by atoms with van der Waals surface area (Å²) in [6.45, 7) is 2.04. The highest BCUT2D eigenvalue weighted by Gasteiger charge is 2.27. The normalized spacial score (nSPS) is 11.0. The quantitative estimate of drug-likeness (QED) is 0.435. The predicted octanol–water partition coefficient (Wildman–Crippen LogP) is 4.05. The van der Waals surface area contributed by atoms with Crippen LogP contribution in [0.25, 0.3) is 0 Å². The van der Waals surface area contributed by atoms with Gasteiger partial charge in [0.2, 0.25) is 5.91 Å². The summed E-state index contributed by atoms with van der Waals surface area (Å²) >= 11 is 5.96. The third kappa shape index (κ3) is 6.63. The first-order valence-corrected chi connectivity index (χ1v) is 12.0. The summed E-state index contributed by atoms with van der Waals surface area (Å²) in [5, 5.41) is 3.16. The summed E-state index contributed by atoms with van der Waals surface area (Å²) in [6.07, 6.45) is 0. The number of carbonyl (C=O) groups is 1. The Hall–Kier alpha value is -3.23. The molecule has 3 aromatic carbocycles. The number of rotatable bonds is 10. The van der Waals surface area contributed by atoms with Gasteiger partial charge in [-0.2, -0.15) is 0 Å². The van der Waals surface area contributed by atoms with Gasteiger partial charge in [0, 0.05) is 5.02 Å². The molecule has 174 valence electrons. The van der Waals surface area contributed by atoms with Gasteiger partial charge < -0.3 is 14.8 Å². The molecule has 33 heavy (non-hydrogen) atoms. The fourth-order valence-electron chi connectivity index (χ4n) is 3.05. The Morgan fingerprint density at radius 1 is 1.00 bits per heavy atom. The van der Waals surface area contributed by atoms with Gasteiger partial charge in [0.05, 0.1) is 24.2 Å². The molecule has 0 bridgehead atoms. The van der Waals surface area contributed by atoms with E-state index in [4.69, 9.17) is 21.1 Å². The molecule has 3 rings (SSSR count). The van der Waals surface area contributed by atoms with Crippen molar-refractivity contribution in [3.63, 3.8) is 0 Å². The number of sulfonamides is 1. The maximum Gasteiger partial charge on any atom is 0.264 e. The van der Waals surface area contributed by atoms with Crippen molar-refractivity contribution in [2.45, 2.75) is 11.8 Å². The maximum atomic E-state index is 13.3. The van der Waals surface area contributed by atoms with Crippen LogP contribution in [0.1, 0.15) is 5.56 Å². The Morgan fingerprint density at radius 3 is 2.33 bits per heavy atom. The van der Waals surface area contributed by atoms with Crippen LogP contribution in [0.4, 0.5) is 5.69 Å². The number of aryl methyl sites for hydroxylation is 1. The second kappa shape index (κ2) is 11.1. The van der Waals surface area contributed by atoms with Gasteiger partial charge in [-0.1, -0.05) is 23.7 Å². The molecular weight excluding hydrogens is 464 g/mol. The molecule has 9 heteroatoms. The Bertz CT molecular complexity index is 1180. The zero-order chi connectivity index (χ0) is 23.8. The van der Waals surface area contributed by atoms with Crippen molar-refractivity contribution in [2.75, 3.05) is 31.1 Å². The highest BCUT2D eigenvalue weighted by atomic mass is 35.5. The van der Waals surface area contributed by atoms with E-state index in [0.717, 1.165) is 9.87 Å². The summed E-state index contributed by atoms with van der Waals surface area (Å²) in [5.74, 6) is 0.766. The third-order valence-electron chi connectivity index (χ3n) is 4.73. The Balaban J connectivity index is 1.71. The van der Waals surface area contributed by atoms with Crippen LogP contribution in [0, 0.1) is 6.92 Å². The minimum absolute atomic E-state index is 0.0360. The number of ether oxygens (including phenoxy) is 2. The first-order chi connectivity index (χ1) is 15.8. The first kappa shape index (κ1) is 24.4. The molecule has 0 unspecified atom stereocenters. The second-order valence-electron chi connectivity index (χ2n) is 7.18. The topological polar surface area (TPSA) is 84.9 Å². The van der Waals surface area contributed by atoms with E-state index in [1.54, 1.807) is 36.4 Å². The van der Waals surface area contributed by atoms with E-state index in [9.17, 15) is 13.2 Å². The van der Waals surface area contributed by atoms with E-state index in [2.05, 4.69) is 5.32 Å². The summed E-state index contributed by atoms with van der Waals surface area (Å²) in [5.41, 5.74) is 1.39. The summed E-state index contributed by atoms with van der Waals surface area (Å²) in [4.78, 5) is 12.7. The van der Waals surface area contributed by atoms with Crippen molar-refractivity contribution in [2.24, 2.45) is 0 Å². The first-order valence-electron chi connectivity index (χ1n) is 10.2. The number of hydrogen-bond donors (Lipinski definition) is 1. The highest BCUT2D eigenvalue weighted by Crippen LogP contribution is 2.26. The Kier molecular flexibility index (Phi) is 8.19. The van der Waals surface area contributed by atoms with Gasteiger partial charge in [-0.25, -0.2) is 8.42 Å². The SMILES string of the molecule is COc1ccc(S(=O)(=O)N(CC(=O)NCCOc2cccc(C)c2)c2ccc(Cl)cc2)cc1. The largest absolute Gasteiger partial charge is 0.497 e. The zero-order valence-electron chi connectivity index (χ0n) is 18.3. The lowest BCUT2D eigenvalue weighted by Crippen LogP contribution is -2.41. The van der Waals surface area contributed by atoms with Gasteiger partial charge in [0.1, 0.15) is 24.7 Å². The second-order valence-corrected chi connectivity index (χ2v) is 9.48.